The molecule has 0 aliphatic heterocycles. The Bertz CT molecular complexity index is 761. The first-order valence-corrected chi connectivity index (χ1v) is 5.91. The van der Waals surface area contributed by atoms with Gasteiger partial charge in [-0.15, -0.1) is 0 Å². The van der Waals surface area contributed by atoms with Gasteiger partial charge in [-0.2, -0.15) is 10.5 Å². The molecule has 0 amide bonds. The minimum Gasteiger partial charge on any atom is -0.496 e. The summed E-state index contributed by atoms with van der Waals surface area (Å²) in [6, 6.07) is 6.76. The van der Waals surface area contributed by atoms with Gasteiger partial charge in [-0.25, -0.2) is 0 Å². The van der Waals surface area contributed by atoms with E-state index in [0.29, 0.717) is 17.1 Å². The smallest absolute Gasteiger partial charge is 0.199 e. The maximum atomic E-state index is 12.5. The number of nitriles is 2. The fourth-order valence-electron chi connectivity index (χ4n) is 2.32. The summed E-state index contributed by atoms with van der Waals surface area (Å²) >= 11 is 0. The van der Waals surface area contributed by atoms with E-state index in [0.717, 1.165) is 6.20 Å². The second kappa shape index (κ2) is 5.40. The topological polar surface area (TPSA) is 109 Å². The summed E-state index contributed by atoms with van der Waals surface area (Å²) in [5, 5.41) is 18.2. The molecule has 0 atom stereocenters. The molecule has 0 aromatic heterocycles. The first-order valence-electron chi connectivity index (χ1n) is 5.91. The third kappa shape index (κ3) is 1.90. The van der Waals surface area contributed by atoms with Gasteiger partial charge < -0.3 is 15.2 Å². The number of hydrogen-bond donors (Lipinski definition) is 1. The maximum Gasteiger partial charge on any atom is 0.199 e. The standard InChI is InChI=1S/C15H11N3O3/c1-20-10-3-4-11(21-2)14-13(10)12(8(5-16)6-17)9(7-18)15(14)19/h3-4,7H,18H2,1-2H3/b9-7+. The van der Waals surface area contributed by atoms with E-state index >= 15 is 0 Å². The molecule has 1 aliphatic carbocycles. The molecule has 104 valence electrons. The first kappa shape index (κ1) is 14.2. The van der Waals surface area contributed by atoms with Crippen LogP contribution < -0.4 is 15.2 Å². The lowest BCUT2D eigenvalue weighted by Gasteiger charge is -2.10. The van der Waals surface area contributed by atoms with Crippen LogP contribution in [0.5, 0.6) is 11.5 Å². The zero-order valence-corrected chi connectivity index (χ0v) is 11.4. The average Bonchev–Trinajstić information content (AvgIpc) is 2.81. The van der Waals surface area contributed by atoms with Crippen molar-refractivity contribution in [2.45, 2.75) is 0 Å². The number of fused-ring (bicyclic) bond motifs is 1. The monoisotopic (exact) mass is 281 g/mol. The van der Waals surface area contributed by atoms with Crippen LogP contribution in [0.1, 0.15) is 15.9 Å². The third-order valence-corrected chi connectivity index (χ3v) is 3.20. The highest BCUT2D eigenvalue weighted by molar-refractivity contribution is 6.29. The van der Waals surface area contributed by atoms with Gasteiger partial charge in [-0.3, -0.25) is 4.79 Å². The van der Waals surface area contributed by atoms with E-state index in [4.69, 9.17) is 25.7 Å². The number of rotatable bonds is 2. The highest BCUT2D eigenvalue weighted by atomic mass is 16.5. The van der Waals surface area contributed by atoms with E-state index in [9.17, 15) is 4.79 Å². The Morgan fingerprint density at radius 1 is 1.14 bits per heavy atom. The zero-order valence-electron chi connectivity index (χ0n) is 11.4. The molecule has 1 aromatic rings. The Kier molecular flexibility index (Phi) is 3.64. The van der Waals surface area contributed by atoms with Gasteiger partial charge in [0.15, 0.2) is 5.78 Å². The van der Waals surface area contributed by atoms with Gasteiger partial charge in [-0.1, -0.05) is 0 Å². The van der Waals surface area contributed by atoms with E-state index in [1.54, 1.807) is 24.3 Å². The van der Waals surface area contributed by atoms with Gasteiger partial charge in [0.05, 0.1) is 19.8 Å². The zero-order chi connectivity index (χ0) is 15.6. The summed E-state index contributed by atoms with van der Waals surface area (Å²) in [7, 11) is 2.87. The van der Waals surface area contributed by atoms with Gasteiger partial charge in [0.25, 0.3) is 0 Å². The van der Waals surface area contributed by atoms with Crippen molar-refractivity contribution in [2.24, 2.45) is 5.73 Å². The molecular formula is C15H11N3O3. The van der Waals surface area contributed by atoms with E-state index in [-0.39, 0.29) is 22.3 Å². The van der Waals surface area contributed by atoms with Gasteiger partial charge in [0.1, 0.15) is 29.2 Å². The number of benzene rings is 1. The molecule has 0 heterocycles. The van der Waals surface area contributed by atoms with Crippen molar-refractivity contribution in [1.82, 2.24) is 0 Å². The number of methoxy groups -OCH3 is 2. The van der Waals surface area contributed by atoms with Crippen molar-refractivity contribution < 1.29 is 14.3 Å². The molecule has 2 rings (SSSR count). The summed E-state index contributed by atoms with van der Waals surface area (Å²) in [5.41, 5.74) is 6.17. The predicted molar refractivity (Wildman–Crippen MR) is 74.3 cm³/mol. The van der Waals surface area contributed by atoms with E-state index in [2.05, 4.69) is 0 Å². The molecule has 0 bridgehead atoms. The normalized spacial score (nSPS) is 14.4. The summed E-state index contributed by atoms with van der Waals surface area (Å²) < 4.78 is 10.4. The number of carbonyl (C=O) groups is 1. The van der Waals surface area contributed by atoms with Gasteiger partial charge in [0, 0.05) is 22.9 Å². The Morgan fingerprint density at radius 2 is 1.67 bits per heavy atom. The van der Waals surface area contributed by atoms with Crippen molar-refractivity contribution in [3.05, 3.63) is 40.6 Å². The summed E-state index contributed by atoms with van der Waals surface area (Å²) in [6.45, 7) is 0. The molecular weight excluding hydrogens is 270 g/mol. The maximum absolute atomic E-state index is 12.5. The molecule has 0 radical (unpaired) electrons. The van der Waals surface area contributed by atoms with E-state index in [1.807, 2.05) is 0 Å². The quantitative estimate of drug-likeness (QED) is 0.650. The van der Waals surface area contributed by atoms with Gasteiger partial charge >= 0.3 is 0 Å². The van der Waals surface area contributed by atoms with Crippen LogP contribution in [0, 0.1) is 22.7 Å². The van der Waals surface area contributed by atoms with Crippen molar-refractivity contribution in [2.75, 3.05) is 14.2 Å². The number of ketones is 1. The van der Waals surface area contributed by atoms with Crippen LogP contribution in [0.2, 0.25) is 0 Å². The van der Waals surface area contributed by atoms with E-state index < -0.39 is 5.78 Å². The molecule has 21 heavy (non-hydrogen) atoms. The third-order valence-electron chi connectivity index (χ3n) is 3.20. The van der Waals surface area contributed by atoms with Crippen molar-refractivity contribution in [3.63, 3.8) is 0 Å². The van der Waals surface area contributed by atoms with Crippen molar-refractivity contribution in [3.8, 4) is 23.6 Å². The Balaban J connectivity index is 3.00. The predicted octanol–water partition coefficient (Wildman–Crippen LogP) is 1.54. The summed E-state index contributed by atoms with van der Waals surface area (Å²) in [6.07, 6.45) is 1.09. The number of allylic oxidation sites excluding steroid dienone is 3. The Labute approximate surface area is 121 Å². The Hall–Kier alpha value is -3.25. The van der Waals surface area contributed by atoms with Gasteiger partial charge in [0.2, 0.25) is 0 Å². The molecule has 0 spiro atoms. The number of ether oxygens (including phenoxy) is 2. The molecule has 0 saturated carbocycles. The molecule has 0 fully saturated rings. The highest BCUT2D eigenvalue weighted by Crippen LogP contribution is 2.47. The fourth-order valence-corrected chi connectivity index (χ4v) is 2.32. The molecule has 1 aromatic carbocycles. The largest absolute Gasteiger partial charge is 0.496 e. The molecule has 2 N–H and O–H groups in total. The number of carbonyl (C=O) groups excluding carboxylic acids is 1. The van der Waals surface area contributed by atoms with E-state index in [1.165, 1.54) is 14.2 Å². The van der Waals surface area contributed by atoms with Crippen LogP contribution in [0.4, 0.5) is 0 Å². The van der Waals surface area contributed by atoms with Gasteiger partial charge in [-0.05, 0) is 12.1 Å². The molecule has 6 nitrogen and oxygen atoms in total. The second-order valence-electron chi connectivity index (χ2n) is 4.10. The minimum absolute atomic E-state index is 0.0888. The minimum atomic E-state index is -0.402. The SMILES string of the molecule is COc1ccc(OC)c2c1C(=O)/C(=C/N)C2=C(C#N)C#N. The number of Topliss-reactive ketones (excluding diaryl/α,β-unsaturated/α-hetero) is 1. The lowest BCUT2D eigenvalue weighted by Crippen LogP contribution is -2.01. The van der Waals surface area contributed by atoms with Crippen LogP contribution in [0.3, 0.4) is 0 Å². The van der Waals surface area contributed by atoms with Crippen LogP contribution >= 0.6 is 0 Å². The van der Waals surface area contributed by atoms with Crippen LogP contribution in [0.15, 0.2) is 29.5 Å². The molecule has 6 heteroatoms. The van der Waals surface area contributed by atoms with Crippen LogP contribution in [0.25, 0.3) is 5.57 Å². The number of nitrogens with two attached hydrogens (primary N) is 1. The second-order valence-corrected chi connectivity index (χ2v) is 4.10. The highest BCUT2D eigenvalue weighted by Gasteiger charge is 2.37. The Morgan fingerprint density at radius 3 is 2.10 bits per heavy atom. The molecule has 1 aliphatic rings. The first-order chi connectivity index (χ1) is 10.1. The lowest BCUT2D eigenvalue weighted by atomic mass is 9.99. The number of nitrogens with zero attached hydrogens (tertiary/aromatic N) is 2. The molecule has 0 unspecified atom stereocenters. The van der Waals surface area contributed by atoms with Crippen molar-refractivity contribution in [1.29, 1.82) is 10.5 Å². The lowest BCUT2D eigenvalue weighted by molar-refractivity contribution is 0.104. The van der Waals surface area contributed by atoms with Crippen LogP contribution in [-0.4, -0.2) is 20.0 Å². The number of hydrogen-bond acceptors (Lipinski definition) is 6. The average molecular weight is 281 g/mol. The molecule has 0 saturated heterocycles. The summed E-state index contributed by atoms with van der Waals surface area (Å²) in [4.78, 5) is 12.5. The van der Waals surface area contributed by atoms with Crippen LogP contribution in [-0.2, 0) is 0 Å². The summed E-state index contributed by atoms with van der Waals surface area (Å²) in [5.74, 6) is 0.302. The fraction of sp³-hybridized carbons (Fsp3) is 0.133. The van der Waals surface area contributed by atoms with Crippen molar-refractivity contribution >= 4 is 11.4 Å².